The number of benzene rings is 2. The normalized spacial score (nSPS) is 20.3. The minimum Gasteiger partial charge on any atom is -0.460 e. The molecule has 7 heteroatoms. The molecule has 2 atom stereocenters. The van der Waals surface area contributed by atoms with E-state index in [0.717, 1.165) is 26.6 Å². The monoisotopic (exact) mass is 403 g/mol. The van der Waals surface area contributed by atoms with Crippen LogP contribution in [0.4, 0.5) is 0 Å². The first-order valence-corrected chi connectivity index (χ1v) is 10.6. The number of β-amino-alcohol motifs (C(OH)–C–C–N with tert-alkyl or cyclic N) is 1. The molecular formula is C21H25NO5S. The van der Waals surface area contributed by atoms with Crippen molar-refractivity contribution in [1.29, 1.82) is 0 Å². The Kier molecular flexibility index (Phi) is 5.88. The number of hydrogen-bond donors (Lipinski definition) is 1. The van der Waals surface area contributed by atoms with Gasteiger partial charge in [-0.3, -0.25) is 4.79 Å². The topological polar surface area (TPSA) is 83.9 Å². The fraction of sp³-hybridized carbons (Fsp3) is 0.381. The van der Waals surface area contributed by atoms with Crippen molar-refractivity contribution in [2.24, 2.45) is 0 Å². The number of aliphatic hydroxyl groups is 1. The van der Waals surface area contributed by atoms with E-state index in [1.807, 2.05) is 45.0 Å². The standard InChI is InChI=1S/C21H25NO5S/c1-14-4-7-17(8-5-14)13-27-21(24)20-11-18(23)12-22(20)28(25,26)19-9-6-15(2)16(3)10-19/h4-10,18,20,23H,11-13H2,1-3H3/t18-,20+/m1/s1. The van der Waals surface area contributed by atoms with Gasteiger partial charge in [0.1, 0.15) is 12.6 Å². The van der Waals surface area contributed by atoms with Gasteiger partial charge < -0.3 is 9.84 Å². The Hall–Kier alpha value is -2.22. The Balaban J connectivity index is 1.78. The molecule has 0 radical (unpaired) electrons. The Morgan fingerprint density at radius 1 is 1.11 bits per heavy atom. The van der Waals surface area contributed by atoms with E-state index in [9.17, 15) is 18.3 Å². The van der Waals surface area contributed by atoms with Gasteiger partial charge in [-0.05, 0) is 49.6 Å². The van der Waals surface area contributed by atoms with E-state index < -0.39 is 28.1 Å². The molecule has 150 valence electrons. The van der Waals surface area contributed by atoms with Crippen molar-refractivity contribution in [3.05, 3.63) is 64.7 Å². The zero-order valence-electron chi connectivity index (χ0n) is 16.3. The fourth-order valence-corrected chi connectivity index (χ4v) is 4.92. The molecule has 3 rings (SSSR count). The number of carbonyl (C=O) groups is 1. The summed E-state index contributed by atoms with van der Waals surface area (Å²) in [4.78, 5) is 12.7. The van der Waals surface area contributed by atoms with Crippen molar-refractivity contribution in [1.82, 2.24) is 4.31 Å². The third-order valence-electron chi connectivity index (χ3n) is 5.09. The number of sulfonamides is 1. The average molecular weight is 404 g/mol. The first-order valence-electron chi connectivity index (χ1n) is 9.18. The van der Waals surface area contributed by atoms with Crippen LogP contribution in [0.25, 0.3) is 0 Å². The maximum absolute atomic E-state index is 13.1. The summed E-state index contributed by atoms with van der Waals surface area (Å²) in [5.41, 5.74) is 3.74. The number of esters is 1. The van der Waals surface area contributed by atoms with E-state index in [1.54, 1.807) is 12.1 Å². The lowest BCUT2D eigenvalue weighted by Crippen LogP contribution is -2.41. The second kappa shape index (κ2) is 8.03. The molecule has 0 amide bonds. The van der Waals surface area contributed by atoms with Crippen LogP contribution >= 0.6 is 0 Å². The van der Waals surface area contributed by atoms with Crippen LogP contribution < -0.4 is 0 Å². The number of aryl methyl sites for hydroxylation is 3. The minimum absolute atomic E-state index is 0.0246. The Labute approximate surface area is 165 Å². The molecule has 1 aliphatic heterocycles. The molecule has 28 heavy (non-hydrogen) atoms. The van der Waals surface area contributed by atoms with Crippen molar-refractivity contribution in [2.75, 3.05) is 6.54 Å². The fourth-order valence-electron chi connectivity index (χ4n) is 3.21. The largest absolute Gasteiger partial charge is 0.460 e. The smallest absolute Gasteiger partial charge is 0.324 e. The molecular weight excluding hydrogens is 378 g/mol. The Morgan fingerprint density at radius 3 is 2.43 bits per heavy atom. The van der Waals surface area contributed by atoms with Gasteiger partial charge in [0.25, 0.3) is 0 Å². The van der Waals surface area contributed by atoms with Crippen molar-refractivity contribution >= 4 is 16.0 Å². The summed E-state index contributed by atoms with van der Waals surface area (Å²) >= 11 is 0. The second-order valence-electron chi connectivity index (χ2n) is 7.32. The van der Waals surface area contributed by atoms with Crippen LogP contribution in [-0.4, -0.2) is 42.5 Å². The number of hydrogen-bond acceptors (Lipinski definition) is 5. The molecule has 1 saturated heterocycles. The minimum atomic E-state index is -3.92. The van der Waals surface area contributed by atoms with Gasteiger partial charge in [0.15, 0.2) is 0 Å². The van der Waals surface area contributed by atoms with Gasteiger partial charge >= 0.3 is 5.97 Å². The predicted molar refractivity (Wildman–Crippen MR) is 105 cm³/mol. The number of ether oxygens (including phenoxy) is 1. The summed E-state index contributed by atoms with van der Waals surface area (Å²) in [5.74, 6) is -0.649. The molecule has 1 heterocycles. The van der Waals surface area contributed by atoms with Crippen LogP contribution in [0.5, 0.6) is 0 Å². The first-order chi connectivity index (χ1) is 13.2. The van der Waals surface area contributed by atoms with Gasteiger partial charge in [0.2, 0.25) is 10.0 Å². The highest BCUT2D eigenvalue weighted by Gasteiger charge is 2.44. The lowest BCUT2D eigenvalue weighted by atomic mass is 10.1. The number of carbonyl (C=O) groups excluding carboxylic acids is 1. The summed E-state index contributed by atoms with van der Waals surface area (Å²) in [6, 6.07) is 11.4. The number of nitrogens with zero attached hydrogens (tertiary/aromatic N) is 1. The van der Waals surface area contributed by atoms with Crippen molar-refractivity contribution < 1.29 is 23.1 Å². The van der Waals surface area contributed by atoms with Gasteiger partial charge in [-0.1, -0.05) is 35.9 Å². The van der Waals surface area contributed by atoms with Crippen LogP contribution in [0.1, 0.15) is 28.7 Å². The third kappa shape index (κ3) is 4.27. The molecule has 1 aliphatic rings. The van der Waals surface area contributed by atoms with Gasteiger partial charge in [0, 0.05) is 13.0 Å². The molecule has 1 N–H and O–H groups in total. The Bertz CT molecular complexity index is 969. The number of aliphatic hydroxyl groups excluding tert-OH is 1. The molecule has 0 aromatic heterocycles. The zero-order chi connectivity index (χ0) is 20.5. The molecule has 1 fully saturated rings. The van der Waals surface area contributed by atoms with Crippen molar-refractivity contribution in [3.63, 3.8) is 0 Å². The third-order valence-corrected chi connectivity index (χ3v) is 6.96. The lowest BCUT2D eigenvalue weighted by Gasteiger charge is -2.23. The zero-order valence-corrected chi connectivity index (χ0v) is 17.1. The van der Waals surface area contributed by atoms with Gasteiger partial charge in [-0.25, -0.2) is 8.42 Å². The first kappa shape index (κ1) is 20.5. The Morgan fingerprint density at radius 2 is 1.79 bits per heavy atom. The number of rotatable bonds is 5. The molecule has 2 aromatic rings. The van der Waals surface area contributed by atoms with E-state index >= 15 is 0 Å². The summed E-state index contributed by atoms with van der Waals surface area (Å²) in [5, 5.41) is 10.0. The molecule has 0 unspecified atom stereocenters. The van der Waals surface area contributed by atoms with Crippen LogP contribution in [-0.2, 0) is 26.2 Å². The summed E-state index contributed by atoms with van der Waals surface area (Å²) < 4.78 is 32.6. The predicted octanol–water partition coefficient (Wildman–Crippen LogP) is 2.48. The van der Waals surface area contributed by atoms with Crippen LogP contribution in [0, 0.1) is 20.8 Å². The van der Waals surface area contributed by atoms with Crippen molar-refractivity contribution in [3.8, 4) is 0 Å². The maximum atomic E-state index is 13.1. The maximum Gasteiger partial charge on any atom is 0.324 e. The highest BCUT2D eigenvalue weighted by molar-refractivity contribution is 7.89. The molecule has 0 bridgehead atoms. The molecule has 0 spiro atoms. The lowest BCUT2D eigenvalue weighted by molar-refractivity contribution is -0.148. The molecule has 2 aromatic carbocycles. The van der Waals surface area contributed by atoms with Crippen molar-refractivity contribution in [2.45, 2.75) is 50.8 Å². The summed E-state index contributed by atoms with van der Waals surface area (Å²) in [6.45, 7) is 5.63. The van der Waals surface area contributed by atoms with Crippen LogP contribution in [0.3, 0.4) is 0 Å². The van der Waals surface area contributed by atoms with E-state index in [0.29, 0.717) is 0 Å². The van der Waals surface area contributed by atoms with Gasteiger partial charge in [0.05, 0.1) is 11.0 Å². The summed E-state index contributed by atoms with van der Waals surface area (Å²) in [7, 11) is -3.92. The highest BCUT2D eigenvalue weighted by Crippen LogP contribution is 2.28. The van der Waals surface area contributed by atoms with E-state index in [2.05, 4.69) is 0 Å². The summed E-state index contributed by atoms with van der Waals surface area (Å²) in [6.07, 6.45) is -0.880. The molecule has 6 nitrogen and oxygen atoms in total. The van der Waals surface area contributed by atoms with E-state index in [4.69, 9.17) is 4.74 Å². The molecule has 0 aliphatic carbocycles. The van der Waals surface area contributed by atoms with Crippen LogP contribution in [0.15, 0.2) is 47.4 Å². The van der Waals surface area contributed by atoms with E-state index in [-0.39, 0.29) is 24.5 Å². The molecule has 0 saturated carbocycles. The van der Waals surface area contributed by atoms with E-state index in [1.165, 1.54) is 6.07 Å². The van der Waals surface area contributed by atoms with Gasteiger partial charge in [-0.2, -0.15) is 4.31 Å². The highest BCUT2D eigenvalue weighted by atomic mass is 32.2. The van der Waals surface area contributed by atoms with Crippen LogP contribution in [0.2, 0.25) is 0 Å². The second-order valence-corrected chi connectivity index (χ2v) is 9.21. The van der Waals surface area contributed by atoms with Gasteiger partial charge in [-0.15, -0.1) is 0 Å². The quantitative estimate of drug-likeness (QED) is 0.776. The average Bonchev–Trinajstić information content (AvgIpc) is 3.06. The SMILES string of the molecule is Cc1ccc(COC(=O)[C@@H]2C[C@@H](O)CN2S(=O)(=O)c2ccc(C)c(C)c2)cc1.